The van der Waals surface area contributed by atoms with Gasteiger partial charge >= 0.3 is 0 Å². The van der Waals surface area contributed by atoms with E-state index in [1.54, 1.807) is 11.8 Å². The number of rotatable bonds is 5. The molecule has 3 nitrogen and oxygen atoms in total. The van der Waals surface area contributed by atoms with Crippen molar-refractivity contribution in [2.75, 3.05) is 19.0 Å². The first kappa shape index (κ1) is 15.1. The molecule has 1 aliphatic rings. The number of aliphatic hydroxyl groups excluding tert-OH is 1. The molecule has 4 heteroatoms. The van der Waals surface area contributed by atoms with E-state index in [1.165, 1.54) is 11.3 Å². The molecule has 0 aliphatic heterocycles. The molecule has 1 aliphatic carbocycles. The van der Waals surface area contributed by atoms with Crippen LogP contribution < -0.4 is 4.90 Å². The van der Waals surface area contributed by atoms with E-state index in [1.807, 2.05) is 14.1 Å². The molecule has 0 saturated carbocycles. The predicted molar refractivity (Wildman–Crippen MR) is 88.5 cm³/mol. The summed E-state index contributed by atoms with van der Waals surface area (Å²) >= 11 is 1.69. The molecule has 1 aromatic carbocycles. The molecule has 2 rings (SSSR count). The highest BCUT2D eigenvalue weighted by atomic mass is 32.2. The topological polar surface area (TPSA) is 35.8 Å². The highest BCUT2D eigenvalue weighted by Gasteiger charge is 2.21. The van der Waals surface area contributed by atoms with Crippen molar-refractivity contribution in [2.45, 2.75) is 31.1 Å². The Morgan fingerprint density at radius 1 is 1.35 bits per heavy atom. The Morgan fingerprint density at radius 2 is 2.05 bits per heavy atom. The lowest BCUT2D eigenvalue weighted by atomic mass is 10.0. The lowest BCUT2D eigenvalue weighted by Gasteiger charge is -2.22. The van der Waals surface area contributed by atoms with Gasteiger partial charge in [0.05, 0.1) is 11.8 Å². The van der Waals surface area contributed by atoms with E-state index >= 15 is 0 Å². The van der Waals surface area contributed by atoms with Crippen molar-refractivity contribution < 1.29 is 5.11 Å². The van der Waals surface area contributed by atoms with Gasteiger partial charge in [0.1, 0.15) is 0 Å². The van der Waals surface area contributed by atoms with E-state index in [0.29, 0.717) is 0 Å². The monoisotopic (exact) mass is 290 g/mol. The van der Waals surface area contributed by atoms with Gasteiger partial charge in [-0.15, -0.1) is 11.8 Å². The molecule has 0 spiro atoms. The molecule has 1 N–H and O–H groups in total. The van der Waals surface area contributed by atoms with Crippen LogP contribution in [0.2, 0.25) is 0 Å². The average molecular weight is 290 g/mol. The zero-order valence-electron chi connectivity index (χ0n) is 12.2. The lowest BCUT2D eigenvalue weighted by Crippen LogP contribution is -2.14. The van der Waals surface area contributed by atoms with Gasteiger partial charge in [0, 0.05) is 30.4 Å². The smallest absolute Gasteiger partial charge is 0.0866 e. The summed E-state index contributed by atoms with van der Waals surface area (Å²) in [4.78, 5) is 7.16. The van der Waals surface area contributed by atoms with Crippen molar-refractivity contribution in [1.29, 1.82) is 0 Å². The summed E-state index contributed by atoms with van der Waals surface area (Å²) in [6, 6.07) is 8.51. The molecule has 1 aromatic rings. The quantitative estimate of drug-likeness (QED) is 0.844. The Morgan fingerprint density at radius 3 is 2.65 bits per heavy atom. The Kier molecular flexibility index (Phi) is 5.26. The standard InChI is InChI=1S/C16H22N2OS/c1-17-14-5-4-6-15(19)16(14)20-11-12-7-9-13(10-8-12)18(2)3/h7-10,15,19H,1,4-6,11H2,2-3H3. The van der Waals surface area contributed by atoms with Crippen molar-refractivity contribution in [2.24, 2.45) is 4.99 Å². The highest BCUT2D eigenvalue weighted by Crippen LogP contribution is 2.35. The molecule has 0 saturated heterocycles. The number of hydrogen-bond donors (Lipinski definition) is 1. The highest BCUT2D eigenvalue weighted by molar-refractivity contribution is 8.02. The van der Waals surface area contributed by atoms with E-state index < -0.39 is 0 Å². The van der Waals surface area contributed by atoms with Crippen LogP contribution in [-0.2, 0) is 5.75 Å². The Hall–Kier alpha value is -1.26. The van der Waals surface area contributed by atoms with E-state index in [2.05, 4.69) is 40.9 Å². The summed E-state index contributed by atoms with van der Waals surface area (Å²) in [5.74, 6) is 0.860. The van der Waals surface area contributed by atoms with Crippen molar-refractivity contribution in [3.63, 3.8) is 0 Å². The van der Waals surface area contributed by atoms with Crippen molar-refractivity contribution in [3.8, 4) is 0 Å². The van der Waals surface area contributed by atoms with E-state index in [4.69, 9.17) is 0 Å². The number of thioether (sulfide) groups is 1. The SMILES string of the molecule is C=NC1=C(SCc2ccc(N(C)C)cc2)C(O)CCC1. The summed E-state index contributed by atoms with van der Waals surface area (Å²) in [7, 11) is 4.07. The third-order valence-electron chi connectivity index (χ3n) is 3.52. The molecule has 0 aromatic heterocycles. The number of allylic oxidation sites excluding steroid dienone is 1. The van der Waals surface area contributed by atoms with Crippen molar-refractivity contribution in [3.05, 3.63) is 40.4 Å². The van der Waals surface area contributed by atoms with Crippen molar-refractivity contribution in [1.82, 2.24) is 0 Å². The normalized spacial score (nSPS) is 19.1. The Balaban J connectivity index is 2.03. The first-order chi connectivity index (χ1) is 9.61. The van der Waals surface area contributed by atoms with Crippen LogP contribution in [0, 0.1) is 0 Å². The predicted octanol–water partition coefficient (Wildman–Crippen LogP) is 3.44. The average Bonchev–Trinajstić information content (AvgIpc) is 2.46. The number of benzene rings is 1. The molecule has 0 fully saturated rings. The fraction of sp³-hybridized carbons (Fsp3) is 0.438. The maximum atomic E-state index is 10.1. The maximum absolute atomic E-state index is 10.1. The Bertz CT molecular complexity index is 494. The van der Waals surface area contributed by atoms with Crippen molar-refractivity contribution >= 4 is 24.2 Å². The second-order valence-corrected chi connectivity index (χ2v) is 6.24. The molecule has 108 valence electrons. The number of aliphatic imine (C=N–C) groups is 1. The molecule has 0 radical (unpaired) electrons. The van der Waals surface area contributed by atoms with Gasteiger partial charge in [-0.05, 0) is 43.7 Å². The van der Waals surface area contributed by atoms with Gasteiger partial charge in [-0.1, -0.05) is 12.1 Å². The van der Waals surface area contributed by atoms with Crippen LogP contribution in [-0.4, -0.2) is 32.0 Å². The van der Waals surface area contributed by atoms with Gasteiger partial charge in [0.15, 0.2) is 0 Å². The first-order valence-corrected chi connectivity index (χ1v) is 7.87. The lowest BCUT2D eigenvalue weighted by molar-refractivity contribution is 0.198. The van der Waals surface area contributed by atoms with Gasteiger partial charge in [-0.2, -0.15) is 0 Å². The minimum atomic E-state index is -0.365. The second kappa shape index (κ2) is 6.95. The molecule has 0 bridgehead atoms. The van der Waals surface area contributed by atoms with Crippen LogP contribution in [0.3, 0.4) is 0 Å². The van der Waals surface area contributed by atoms with Crippen LogP contribution in [0.1, 0.15) is 24.8 Å². The van der Waals surface area contributed by atoms with Gasteiger partial charge in [-0.25, -0.2) is 0 Å². The molecular formula is C16H22N2OS. The first-order valence-electron chi connectivity index (χ1n) is 6.88. The number of anilines is 1. The molecule has 20 heavy (non-hydrogen) atoms. The molecular weight excluding hydrogens is 268 g/mol. The third-order valence-corrected chi connectivity index (χ3v) is 4.81. The second-order valence-electron chi connectivity index (χ2n) is 5.23. The van der Waals surface area contributed by atoms with E-state index in [-0.39, 0.29) is 6.10 Å². The zero-order chi connectivity index (χ0) is 14.5. The minimum Gasteiger partial charge on any atom is -0.388 e. The largest absolute Gasteiger partial charge is 0.388 e. The number of nitrogens with zero attached hydrogens (tertiary/aromatic N) is 2. The maximum Gasteiger partial charge on any atom is 0.0866 e. The Labute approximate surface area is 125 Å². The van der Waals surface area contributed by atoms with Crippen LogP contribution >= 0.6 is 11.8 Å². The van der Waals surface area contributed by atoms with E-state index in [9.17, 15) is 5.11 Å². The van der Waals surface area contributed by atoms with Gasteiger partial charge in [0.2, 0.25) is 0 Å². The fourth-order valence-electron chi connectivity index (χ4n) is 2.30. The number of aliphatic hydroxyl groups is 1. The molecule has 0 amide bonds. The molecule has 0 heterocycles. The van der Waals surface area contributed by atoms with Crippen LogP contribution in [0.5, 0.6) is 0 Å². The van der Waals surface area contributed by atoms with Crippen LogP contribution in [0.4, 0.5) is 5.69 Å². The van der Waals surface area contributed by atoms with Crippen LogP contribution in [0.15, 0.2) is 39.9 Å². The summed E-state index contributed by atoms with van der Waals surface area (Å²) in [6.07, 6.45) is 2.40. The summed E-state index contributed by atoms with van der Waals surface area (Å²) in [6.45, 7) is 3.62. The molecule has 1 unspecified atom stereocenters. The van der Waals surface area contributed by atoms with Gasteiger partial charge < -0.3 is 10.0 Å². The third kappa shape index (κ3) is 3.64. The minimum absolute atomic E-state index is 0.365. The van der Waals surface area contributed by atoms with E-state index in [0.717, 1.165) is 35.6 Å². The van der Waals surface area contributed by atoms with Gasteiger partial charge in [0.25, 0.3) is 0 Å². The summed E-state index contributed by atoms with van der Waals surface area (Å²) in [5, 5.41) is 10.1. The van der Waals surface area contributed by atoms with Crippen LogP contribution in [0.25, 0.3) is 0 Å². The fourth-order valence-corrected chi connectivity index (χ4v) is 3.46. The summed E-state index contributed by atoms with van der Waals surface area (Å²) in [5.41, 5.74) is 3.43. The number of hydrogen-bond acceptors (Lipinski definition) is 4. The molecule has 1 atom stereocenters. The zero-order valence-corrected chi connectivity index (χ0v) is 13.0. The summed E-state index contributed by atoms with van der Waals surface area (Å²) < 4.78 is 0. The van der Waals surface area contributed by atoms with Gasteiger partial charge in [-0.3, -0.25) is 4.99 Å².